The summed E-state index contributed by atoms with van der Waals surface area (Å²) in [6, 6.07) is -1.20. The van der Waals surface area contributed by atoms with Gasteiger partial charge in [0.15, 0.2) is 0 Å². The molecule has 1 amide bonds. The molecular weight excluding hydrogens is 838 g/mol. The molecule has 1 saturated carbocycles. The molecule has 0 heterocycles. The van der Waals surface area contributed by atoms with Gasteiger partial charge >= 0.3 is 7.82 Å². The number of rotatable bonds is 45. The molecule has 0 aromatic carbocycles. The number of phosphoric acid groups is 1. The molecule has 0 bridgehead atoms. The van der Waals surface area contributed by atoms with E-state index in [-0.39, 0.29) is 12.8 Å². The van der Waals surface area contributed by atoms with Crippen LogP contribution in [0.4, 0.5) is 0 Å². The van der Waals surface area contributed by atoms with Crippen LogP contribution in [0.2, 0.25) is 0 Å². The minimum atomic E-state index is -5.13. The zero-order valence-electron chi connectivity index (χ0n) is 40.7. The van der Waals surface area contributed by atoms with E-state index < -0.39 is 75.2 Å². The van der Waals surface area contributed by atoms with Crippen molar-refractivity contribution in [2.45, 2.75) is 306 Å². The number of carbonyl (C=O) groups is 1. The molecule has 14 heteroatoms. The van der Waals surface area contributed by atoms with Crippen molar-refractivity contribution >= 4 is 13.7 Å². The van der Waals surface area contributed by atoms with Crippen molar-refractivity contribution in [3.63, 3.8) is 0 Å². The second kappa shape index (κ2) is 40.2. The van der Waals surface area contributed by atoms with Gasteiger partial charge in [-0.3, -0.25) is 13.8 Å². The lowest BCUT2D eigenvalue weighted by Gasteiger charge is -2.41. The van der Waals surface area contributed by atoms with E-state index in [1.807, 2.05) is 0 Å². The molecule has 382 valence electrons. The van der Waals surface area contributed by atoms with Gasteiger partial charge in [-0.25, -0.2) is 4.57 Å². The average Bonchev–Trinajstić information content (AvgIpc) is 3.28. The van der Waals surface area contributed by atoms with Crippen LogP contribution in [0.3, 0.4) is 0 Å². The molecule has 0 radical (unpaired) electrons. The first-order valence-electron chi connectivity index (χ1n) is 26.6. The van der Waals surface area contributed by atoms with Gasteiger partial charge in [-0.05, 0) is 12.8 Å². The standard InChI is InChI=1S/C50H100NO12P/c1-3-5-7-9-11-13-15-17-18-19-20-21-22-23-24-25-27-29-31-33-35-37-39-43(53)50(59)51-41(42(52)38-36-34-32-30-28-26-16-14-12-10-8-6-4-2)40-62-64(60,61)63-49-47(57)45(55)44(54)46(56)48(49)58/h41-49,52-58H,3-40H2,1-2H3,(H,51,59)(H,60,61). The zero-order valence-corrected chi connectivity index (χ0v) is 41.6. The Morgan fingerprint density at radius 2 is 0.750 bits per heavy atom. The largest absolute Gasteiger partial charge is 0.472 e. The van der Waals surface area contributed by atoms with Crippen LogP contribution in [0.15, 0.2) is 0 Å². The van der Waals surface area contributed by atoms with Gasteiger partial charge in [0.25, 0.3) is 0 Å². The fraction of sp³-hybridized carbons (Fsp3) is 0.980. The number of hydrogen-bond donors (Lipinski definition) is 9. The van der Waals surface area contributed by atoms with Crippen molar-refractivity contribution in [2.75, 3.05) is 6.61 Å². The van der Waals surface area contributed by atoms with E-state index in [1.165, 1.54) is 167 Å². The molecule has 64 heavy (non-hydrogen) atoms. The second-order valence-corrected chi connectivity index (χ2v) is 20.6. The number of aliphatic hydroxyl groups is 7. The lowest BCUT2D eigenvalue weighted by Crippen LogP contribution is -2.64. The van der Waals surface area contributed by atoms with Crippen molar-refractivity contribution in [2.24, 2.45) is 0 Å². The van der Waals surface area contributed by atoms with Crippen molar-refractivity contribution < 1.29 is 59.0 Å². The van der Waals surface area contributed by atoms with Crippen molar-refractivity contribution in [3.05, 3.63) is 0 Å². The quantitative estimate of drug-likeness (QED) is 0.0205. The van der Waals surface area contributed by atoms with Gasteiger partial charge in [-0.1, -0.05) is 239 Å². The minimum Gasteiger partial charge on any atom is -0.391 e. The molecule has 1 aliphatic carbocycles. The van der Waals surface area contributed by atoms with Crippen molar-refractivity contribution in [1.82, 2.24) is 5.32 Å². The summed E-state index contributed by atoms with van der Waals surface area (Å²) in [5.41, 5.74) is 0. The smallest absolute Gasteiger partial charge is 0.391 e. The summed E-state index contributed by atoms with van der Waals surface area (Å²) >= 11 is 0. The topological polar surface area (TPSA) is 226 Å². The maximum atomic E-state index is 13.1. The average molecular weight is 938 g/mol. The first-order valence-corrected chi connectivity index (χ1v) is 28.1. The molecule has 13 nitrogen and oxygen atoms in total. The molecule has 0 aliphatic heterocycles. The van der Waals surface area contributed by atoms with Crippen LogP contribution in [0.25, 0.3) is 0 Å². The molecule has 8 unspecified atom stereocenters. The van der Waals surface area contributed by atoms with E-state index in [0.29, 0.717) is 12.8 Å². The molecule has 0 spiro atoms. The highest BCUT2D eigenvalue weighted by atomic mass is 31.2. The van der Waals surface area contributed by atoms with Crippen LogP contribution in [0.1, 0.15) is 251 Å². The molecule has 0 aromatic heterocycles. The minimum absolute atomic E-state index is 0.225. The normalized spacial score (nSPS) is 22.6. The van der Waals surface area contributed by atoms with Gasteiger partial charge < -0.3 is 46.0 Å². The van der Waals surface area contributed by atoms with E-state index in [9.17, 15) is 50.0 Å². The molecule has 9 N–H and O–H groups in total. The van der Waals surface area contributed by atoms with Gasteiger partial charge in [0.1, 0.15) is 42.7 Å². The Kier molecular flexibility index (Phi) is 38.5. The SMILES string of the molecule is CCCCCCCCCCCCCCCCCCCCCCCCC(O)C(=O)NC(COP(=O)(O)OC1C(O)C(O)C(O)C(O)C1O)C(O)CCCCCCCCCCCCCCC. The Morgan fingerprint density at radius 3 is 1.08 bits per heavy atom. The number of unbranched alkanes of at least 4 members (excludes halogenated alkanes) is 33. The Labute approximate surface area is 389 Å². The van der Waals surface area contributed by atoms with Crippen LogP contribution in [-0.4, -0.2) is 108 Å². The van der Waals surface area contributed by atoms with E-state index in [1.54, 1.807) is 0 Å². The summed E-state index contributed by atoms with van der Waals surface area (Å²) in [5.74, 6) is -0.742. The fourth-order valence-corrected chi connectivity index (χ4v) is 9.82. The van der Waals surface area contributed by atoms with Crippen LogP contribution in [0, 0.1) is 0 Å². The Balaban J connectivity index is 2.39. The van der Waals surface area contributed by atoms with Gasteiger partial charge in [-0.2, -0.15) is 0 Å². The number of amides is 1. The summed E-state index contributed by atoms with van der Waals surface area (Å²) in [4.78, 5) is 23.6. The van der Waals surface area contributed by atoms with E-state index in [0.717, 1.165) is 44.9 Å². The summed E-state index contributed by atoms with van der Waals surface area (Å²) in [5, 5.41) is 74.8. The lowest BCUT2D eigenvalue weighted by atomic mass is 9.85. The third-order valence-electron chi connectivity index (χ3n) is 13.3. The molecule has 1 fully saturated rings. The summed E-state index contributed by atoms with van der Waals surface area (Å²) in [6.07, 6.45) is 29.0. The van der Waals surface area contributed by atoms with E-state index >= 15 is 0 Å². The van der Waals surface area contributed by atoms with Crippen LogP contribution in [0.5, 0.6) is 0 Å². The third-order valence-corrected chi connectivity index (χ3v) is 14.3. The highest BCUT2D eigenvalue weighted by Crippen LogP contribution is 2.47. The van der Waals surface area contributed by atoms with E-state index in [2.05, 4.69) is 19.2 Å². The third kappa shape index (κ3) is 30.6. The highest BCUT2D eigenvalue weighted by Gasteiger charge is 2.51. The summed E-state index contributed by atoms with van der Waals surface area (Å²) < 4.78 is 23.0. The number of aliphatic hydroxyl groups excluding tert-OH is 7. The van der Waals surface area contributed by atoms with Crippen LogP contribution < -0.4 is 5.32 Å². The molecule has 1 rings (SSSR count). The Hall–Kier alpha value is -0.700. The van der Waals surface area contributed by atoms with Gasteiger partial charge in [0.05, 0.1) is 18.8 Å². The van der Waals surface area contributed by atoms with Gasteiger partial charge in [0.2, 0.25) is 5.91 Å². The lowest BCUT2D eigenvalue weighted by molar-refractivity contribution is -0.220. The van der Waals surface area contributed by atoms with Gasteiger partial charge in [-0.15, -0.1) is 0 Å². The number of phosphoric ester groups is 1. The monoisotopic (exact) mass is 938 g/mol. The molecule has 0 saturated heterocycles. The maximum absolute atomic E-state index is 13.1. The maximum Gasteiger partial charge on any atom is 0.472 e. The summed E-state index contributed by atoms with van der Waals surface area (Å²) in [7, 11) is -5.13. The number of nitrogens with one attached hydrogen (secondary N) is 1. The first-order chi connectivity index (χ1) is 30.9. The van der Waals surface area contributed by atoms with Crippen LogP contribution in [-0.2, 0) is 18.4 Å². The second-order valence-electron chi connectivity index (χ2n) is 19.2. The Bertz CT molecular complexity index is 1110. The van der Waals surface area contributed by atoms with Crippen molar-refractivity contribution in [3.8, 4) is 0 Å². The highest BCUT2D eigenvalue weighted by molar-refractivity contribution is 7.47. The molecule has 1 aliphatic rings. The zero-order chi connectivity index (χ0) is 47.3. The Morgan fingerprint density at radius 1 is 0.469 bits per heavy atom. The predicted octanol–water partition coefficient (Wildman–Crippen LogP) is 9.99. The van der Waals surface area contributed by atoms with Crippen LogP contribution >= 0.6 is 7.82 Å². The van der Waals surface area contributed by atoms with Crippen molar-refractivity contribution in [1.29, 1.82) is 0 Å². The van der Waals surface area contributed by atoms with E-state index in [4.69, 9.17) is 9.05 Å². The fourth-order valence-electron chi connectivity index (χ4n) is 8.86. The molecule has 0 aromatic rings. The molecular formula is C50H100NO12P. The first kappa shape index (κ1) is 61.3. The predicted molar refractivity (Wildman–Crippen MR) is 257 cm³/mol. The molecule has 8 atom stereocenters. The van der Waals surface area contributed by atoms with Gasteiger partial charge in [0, 0.05) is 0 Å². The number of hydrogen-bond acceptors (Lipinski definition) is 11. The number of carbonyl (C=O) groups excluding carboxylic acids is 1. The summed E-state index contributed by atoms with van der Waals surface area (Å²) in [6.45, 7) is 3.78.